The van der Waals surface area contributed by atoms with E-state index < -0.39 is 10.0 Å². The molecule has 9 heteroatoms. The van der Waals surface area contributed by atoms with Gasteiger partial charge in [-0.2, -0.15) is 0 Å². The maximum Gasteiger partial charge on any atom is 0.208 e. The van der Waals surface area contributed by atoms with Crippen LogP contribution in [0.15, 0.2) is 18.5 Å². The predicted octanol–water partition coefficient (Wildman–Crippen LogP) is 1.78. The van der Waals surface area contributed by atoms with E-state index in [0.717, 1.165) is 48.8 Å². The minimum Gasteiger partial charge on any atom is -0.493 e. The molecule has 0 radical (unpaired) electrons. The molecule has 25 heavy (non-hydrogen) atoms. The number of fused-ring (bicyclic) bond motifs is 1. The normalized spacial score (nSPS) is 11.5. The fraction of sp³-hybridized carbons (Fsp3) is 0.500. The molecule has 0 bridgehead atoms. The Labute approximate surface area is 148 Å². The molecule has 0 aliphatic heterocycles. The number of rotatable bonds is 10. The van der Waals surface area contributed by atoms with Crippen molar-refractivity contribution in [3.05, 3.63) is 18.5 Å². The Bertz CT molecular complexity index is 811. The molecule has 8 nitrogen and oxygen atoms in total. The second kappa shape index (κ2) is 8.82. The van der Waals surface area contributed by atoms with E-state index >= 15 is 0 Å². The van der Waals surface area contributed by atoms with E-state index in [1.807, 2.05) is 12.1 Å². The summed E-state index contributed by atoms with van der Waals surface area (Å²) < 4.78 is 35.0. The fourth-order valence-corrected chi connectivity index (χ4v) is 2.93. The largest absolute Gasteiger partial charge is 0.493 e. The van der Waals surface area contributed by atoms with Gasteiger partial charge >= 0.3 is 0 Å². The molecule has 0 aliphatic rings. The molecule has 2 rings (SSSR count). The van der Waals surface area contributed by atoms with Crippen LogP contribution in [-0.4, -0.2) is 52.0 Å². The van der Waals surface area contributed by atoms with E-state index in [-0.39, 0.29) is 0 Å². The number of nitrogens with one attached hydrogen (secondary N) is 2. The van der Waals surface area contributed by atoms with E-state index in [4.69, 9.17) is 9.47 Å². The summed E-state index contributed by atoms with van der Waals surface area (Å²) in [6.45, 7) is 1.20. The summed E-state index contributed by atoms with van der Waals surface area (Å²) in [5.41, 5.74) is 0.771. The molecule has 0 atom stereocenters. The van der Waals surface area contributed by atoms with Crippen LogP contribution in [0.25, 0.3) is 10.9 Å². The fourth-order valence-electron chi connectivity index (χ4n) is 2.42. The van der Waals surface area contributed by atoms with Gasteiger partial charge in [0.25, 0.3) is 0 Å². The smallest absolute Gasteiger partial charge is 0.208 e. The van der Waals surface area contributed by atoms with Gasteiger partial charge in [-0.25, -0.2) is 23.1 Å². The molecule has 1 aromatic carbocycles. The number of sulfonamides is 1. The Morgan fingerprint density at radius 2 is 1.68 bits per heavy atom. The Kier molecular flexibility index (Phi) is 6.77. The topological polar surface area (TPSA) is 102 Å². The van der Waals surface area contributed by atoms with Gasteiger partial charge in [-0.3, -0.25) is 0 Å². The minimum absolute atomic E-state index is 0.465. The third-order valence-corrected chi connectivity index (χ3v) is 4.38. The number of ether oxygens (including phenoxy) is 2. The van der Waals surface area contributed by atoms with Crippen molar-refractivity contribution in [2.24, 2.45) is 0 Å². The number of hydrogen-bond acceptors (Lipinski definition) is 7. The average Bonchev–Trinajstić information content (AvgIpc) is 2.58. The molecule has 0 saturated carbocycles. The number of anilines is 1. The van der Waals surface area contributed by atoms with Crippen LogP contribution >= 0.6 is 0 Å². The van der Waals surface area contributed by atoms with Crippen LogP contribution in [0.2, 0.25) is 0 Å². The van der Waals surface area contributed by atoms with Gasteiger partial charge in [-0.1, -0.05) is 6.42 Å². The maximum absolute atomic E-state index is 11.0. The summed E-state index contributed by atoms with van der Waals surface area (Å²) in [7, 11) is 0.0731. The van der Waals surface area contributed by atoms with Crippen LogP contribution in [0.3, 0.4) is 0 Å². The predicted molar refractivity (Wildman–Crippen MR) is 97.8 cm³/mol. The molecule has 0 amide bonds. The molecule has 1 aromatic heterocycles. The zero-order valence-electron chi connectivity index (χ0n) is 14.7. The summed E-state index contributed by atoms with van der Waals surface area (Å²) in [5.74, 6) is 1.98. The third-order valence-electron chi connectivity index (χ3n) is 3.65. The van der Waals surface area contributed by atoms with Crippen LogP contribution in [0.1, 0.15) is 19.3 Å². The lowest BCUT2D eigenvalue weighted by molar-refractivity contribution is 0.356. The lowest BCUT2D eigenvalue weighted by Gasteiger charge is -2.12. The van der Waals surface area contributed by atoms with Gasteiger partial charge in [0.15, 0.2) is 11.5 Å². The first-order valence-electron chi connectivity index (χ1n) is 8.00. The first-order valence-corrected chi connectivity index (χ1v) is 9.89. The molecule has 0 spiro atoms. The van der Waals surface area contributed by atoms with Crippen molar-refractivity contribution in [2.75, 3.05) is 38.9 Å². The number of hydrogen-bond donors (Lipinski definition) is 2. The lowest BCUT2D eigenvalue weighted by Crippen LogP contribution is -2.22. The van der Waals surface area contributed by atoms with E-state index in [2.05, 4.69) is 20.0 Å². The molecule has 0 unspecified atom stereocenters. The van der Waals surface area contributed by atoms with Gasteiger partial charge in [-0.05, 0) is 18.9 Å². The zero-order chi connectivity index (χ0) is 18.3. The Morgan fingerprint density at radius 1 is 1.00 bits per heavy atom. The third kappa shape index (κ3) is 5.71. The van der Waals surface area contributed by atoms with Crippen LogP contribution in [0.5, 0.6) is 11.5 Å². The Balaban J connectivity index is 1.93. The van der Waals surface area contributed by atoms with Crippen LogP contribution in [-0.2, 0) is 10.0 Å². The van der Waals surface area contributed by atoms with E-state index in [9.17, 15) is 8.42 Å². The van der Waals surface area contributed by atoms with Crippen LogP contribution in [0.4, 0.5) is 5.82 Å². The van der Waals surface area contributed by atoms with Crippen LogP contribution in [0, 0.1) is 0 Å². The molecule has 2 aromatic rings. The molecule has 0 saturated heterocycles. The van der Waals surface area contributed by atoms with E-state index in [1.165, 1.54) is 6.33 Å². The van der Waals surface area contributed by atoms with Gasteiger partial charge in [-0.15, -0.1) is 0 Å². The van der Waals surface area contributed by atoms with Crippen molar-refractivity contribution in [3.8, 4) is 11.5 Å². The summed E-state index contributed by atoms with van der Waals surface area (Å²) in [4.78, 5) is 8.56. The Morgan fingerprint density at radius 3 is 2.36 bits per heavy atom. The molecule has 0 fully saturated rings. The van der Waals surface area contributed by atoms with Gasteiger partial charge in [0.1, 0.15) is 12.1 Å². The Hall–Kier alpha value is -2.13. The monoisotopic (exact) mass is 368 g/mol. The molecule has 0 aliphatic carbocycles. The van der Waals surface area contributed by atoms with Crippen molar-refractivity contribution in [1.29, 1.82) is 0 Å². The van der Waals surface area contributed by atoms with E-state index in [0.29, 0.717) is 18.0 Å². The second-order valence-electron chi connectivity index (χ2n) is 5.60. The lowest BCUT2D eigenvalue weighted by atomic mass is 10.2. The van der Waals surface area contributed by atoms with Crippen LogP contribution < -0.4 is 19.5 Å². The first-order chi connectivity index (χ1) is 11.9. The van der Waals surface area contributed by atoms with Gasteiger partial charge in [0, 0.05) is 24.5 Å². The summed E-state index contributed by atoms with van der Waals surface area (Å²) in [5, 5.41) is 4.16. The molecule has 138 valence electrons. The highest BCUT2D eigenvalue weighted by molar-refractivity contribution is 7.88. The van der Waals surface area contributed by atoms with Gasteiger partial charge < -0.3 is 14.8 Å². The quantitative estimate of drug-likeness (QED) is 0.616. The molecular weight excluding hydrogens is 344 g/mol. The number of benzene rings is 1. The van der Waals surface area contributed by atoms with E-state index in [1.54, 1.807) is 14.2 Å². The van der Waals surface area contributed by atoms with Crippen molar-refractivity contribution < 1.29 is 17.9 Å². The molecular formula is C16H24N4O4S. The van der Waals surface area contributed by atoms with Crippen molar-refractivity contribution in [2.45, 2.75) is 19.3 Å². The first kappa shape index (κ1) is 19.2. The standard InChI is InChI=1S/C16H24N4O4S/c1-23-14-9-12-13(10-15(14)24-2)18-11-19-16(12)17-7-5-4-6-8-20-25(3,21)22/h9-11,20H,4-8H2,1-3H3,(H,17,18,19). The maximum atomic E-state index is 11.0. The molecule has 1 heterocycles. The number of unbranched alkanes of at least 4 members (excludes halogenated alkanes) is 2. The second-order valence-corrected chi connectivity index (χ2v) is 7.43. The number of nitrogens with zero attached hydrogens (tertiary/aromatic N) is 2. The van der Waals surface area contributed by atoms with Crippen molar-refractivity contribution in [3.63, 3.8) is 0 Å². The SMILES string of the molecule is COc1cc2ncnc(NCCCCCNS(C)(=O)=O)c2cc1OC. The summed E-state index contributed by atoms with van der Waals surface area (Å²) >= 11 is 0. The minimum atomic E-state index is -3.10. The highest BCUT2D eigenvalue weighted by Gasteiger charge is 2.10. The van der Waals surface area contributed by atoms with Crippen molar-refractivity contribution in [1.82, 2.24) is 14.7 Å². The van der Waals surface area contributed by atoms with Gasteiger partial charge in [0.05, 0.1) is 26.0 Å². The van der Waals surface area contributed by atoms with Gasteiger partial charge in [0.2, 0.25) is 10.0 Å². The number of methoxy groups -OCH3 is 2. The average molecular weight is 368 g/mol. The summed E-state index contributed by atoms with van der Waals surface area (Å²) in [6, 6.07) is 3.67. The zero-order valence-corrected chi connectivity index (χ0v) is 15.5. The highest BCUT2D eigenvalue weighted by Crippen LogP contribution is 2.33. The highest BCUT2D eigenvalue weighted by atomic mass is 32.2. The molecule has 2 N–H and O–H groups in total. The summed E-state index contributed by atoms with van der Waals surface area (Å²) in [6.07, 6.45) is 5.29. The number of aromatic nitrogens is 2. The van der Waals surface area contributed by atoms with Crippen molar-refractivity contribution >= 4 is 26.7 Å².